The van der Waals surface area contributed by atoms with Gasteiger partial charge in [-0.05, 0) is 36.0 Å². The second-order valence-electron chi connectivity index (χ2n) is 8.58. The van der Waals surface area contributed by atoms with E-state index < -0.39 is 12.6 Å². The summed E-state index contributed by atoms with van der Waals surface area (Å²) in [5.74, 6) is -0.236. The molecule has 0 bridgehead atoms. The highest BCUT2D eigenvalue weighted by Crippen LogP contribution is 2.31. The number of amides is 1. The third-order valence-electron chi connectivity index (χ3n) is 5.57. The van der Waals surface area contributed by atoms with Crippen LogP contribution in [0.5, 0.6) is 0 Å². The average Bonchev–Trinajstić information content (AvgIpc) is 2.97. The van der Waals surface area contributed by atoms with Crippen LogP contribution in [0, 0.1) is 5.92 Å². The Kier molecular flexibility index (Phi) is 8.50. The minimum Gasteiger partial charge on any atom is -0.373 e. The van der Waals surface area contributed by atoms with Crippen molar-refractivity contribution in [3.05, 3.63) is 94.8 Å². The van der Waals surface area contributed by atoms with Crippen molar-refractivity contribution in [1.82, 2.24) is 5.32 Å². The summed E-state index contributed by atoms with van der Waals surface area (Å²) in [4.78, 5) is 13.1. The molecule has 33 heavy (non-hydrogen) atoms. The maximum Gasteiger partial charge on any atom is 0.392 e. The molecule has 2 aliphatic carbocycles. The van der Waals surface area contributed by atoms with Crippen molar-refractivity contribution < 1.29 is 22.7 Å². The van der Waals surface area contributed by atoms with Crippen LogP contribution in [0.1, 0.15) is 38.7 Å². The zero-order chi connectivity index (χ0) is 23.8. The number of benzene rings is 1. The van der Waals surface area contributed by atoms with Crippen LogP contribution in [0.3, 0.4) is 0 Å². The number of halogens is 3. The number of allylic oxidation sites excluding steroid dienone is 5. The second-order valence-corrected chi connectivity index (χ2v) is 8.58. The number of rotatable bonds is 8. The molecule has 0 saturated carbocycles. The Morgan fingerprint density at radius 2 is 1.88 bits per heavy atom. The molecule has 1 aromatic carbocycles. The van der Waals surface area contributed by atoms with Gasteiger partial charge >= 0.3 is 6.18 Å². The van der Waals surface area contributed by atoms with E-state index in [1.807, 2.05) is 38.1 Å². The first-order valence-electron chi connectivity index (χ1n) is 11.2. The van der Waals surface area contributed by atoms with E-state index in [4.69, 9.17) is 4.74 Å². The first-order valence-corrected chi connectivity index (χ1v) is 11.2. The van der Waals surface area contributed by atoms with E-state index in [0.29, 0.717) is 24.3 Å². The average molecular weight is 458 g/mol. The normalized spacial score (nSPS) is 18.8. The van der Waals surface area contributed by atoms with Crippen molar-refractivity contribution in [3.63, 3.8) is 0 Å². The number of carbonyl (C=O) groups is 1. The molecule has 0 aromatic heterocycles. The maximum absolute atomic E-state index is 13.1. The number of carbonyl (C=O) groups excluding carboxylic acids is 1. The molecule has 1 amide bonds. The van der Waals surface area contributed by atoms with Crippen LogP contribution in [0.2, 0.25) is 0 Å². The Balaban J connectivity index is 1.69. The summed E-state index contributed by atoms with van der Waals surface area (Å²) in [6.45, 7) is 4.58. The van der Waals surface area contributed by atoms with Crippen LogP contribution in [0.15, 0.2) is 89.2 Å². The molecule has 3 rings (SSSR count). The van der Waals surface area contributed by atoms with Crippen LogP contribution in [-0.4, -0.2) is 24.8 Å². The van der Waals surface area contributed by atoms with Gasteiger partial charge in [0.2, 0.25) is 0 Å². The molecule has 0 radical (unpaired) electrons. The molecule has 0 heterocycles. The highest BCUT2D eigenvalue weighted by atomic mass is 19.4. The summed E-state index contributed by atoms with van der Waals surface area (Å²) < 4.78 is 44.7. The summed E-state index contributed by atoms with van der Waals surface area (Å²) in [5.41, 5.74) is 3.28. The van der Waals surface area contributed by atoms with Crippen molar-refractivity contribution in [2.24, 2.45) is 5.92 Å². The van der Waals surface area contributed by atoms with Crippen molar-refractivity contribution in [2.45, 2.75) is 51.8 Å². The lowest BCUT2D eigenvalue weighted by molar-refractivity contribution is -0.127. The van der Waals surface area contributed by atoms with E-state index in [1.165, 1.54) is 11.6 Å². The number of alkyl halides is 3. The first-order chi connectivity index (χ1) is 15.7. The molecule has 1 atom stereocenters. The lowest BCUT2D eigenvalue weighted by atomic mass is 9.86. The summed E-state index contributed by atoms with van der Waals surface area (Å²) in [6.07, 6.45) is 6.04. The smallest absolute Gasteiger partial charge is 0.373 e. The fraction of sp³-hybridized carbons (Fsp3) is 0.370. The minimum atomic E-state index is -4.29. The molecule has 0 spiro atoms. The van der Waals surface area contributed by atoms with Gasteiger partial charge in [0.15, 0.2) is 0 Å². The van der Waals surface area contributed by atoms with Gasteiger partial charge in [0.25, 0.3) is 5.91 Å². The van der Waals surface area contributed by atoms with Gasteiger partial charge in [-0.1, -0.05) is 80.1 Å². The molecule has 2 aliphatic rings. The van der Waals surface area contributed by atoms with Gasteiger partial charge in [0.1, 0.15) is 0 Å². The zero-order valence-electron chi connectivity index (χ0n) is 19.0. The largest absolute Gasteiger partial charge is 0.392 e. The van der Waals surface area contributed by atoms with Gasteiger partial charge in [-0.25, -0.2) is 0 Å². The van der Waals surface area contributed by atoms with Crippen LogP contribution in [-0.2, 0) is 16.0 Å². The Bertz CT molecular complexity index is 982. The van der Waals surface area contributed by atoms with Crippen molar-refractivity contribution in [1.29, 1.82) is 0 Å². The van der Waals surface area contributed by atoms with E-state index in [-0.39, 0.29) is 29.9 Å². The van der Waals surface area contributed by atoms with Crippen LogP contribution < -0.4 is 5.32 Å². The minimum absolute atomic E-state index is 0.0449. The molecule has 3 nitrogen and oxygen atoms in total. The van der Waals surface area contributed by atoms with Gasteiger partial charge in [-0.3, -0.25) is 4.79 Å². The zero-order valence-corrected chi connectivity index (χ0v) is 19.0. The number of ether oxygens (including phenoxy) is 1. The van der Waals surface area contributed by atoms with Crippen LogP contribution >= 0.6 is 0 Å². The molecular formula is C27H30F3NO2. The van der Waals surface area contributed by atoms with E-state index in [2.05, 4.69) is 17.4 Å². The summed E-state index contributed by atoms with van der Waals surface area (Å²) in [5, 5.41) is 2.83. The highest BCUT2D eigenvalue weighted by molar-refractivity contribution is 5.98. The lowest BCUT2D eigenvalue weighted by Gasteiger charge is -2.28. The Hall–Kier alpha value is -2.86. The predicted octanol–water partition coefficient (Wildman–Crippen LogP) is 6.37. The number of nitrogens with one attached hydrogen (secondary N) is 1. The van der Waals surface area contributed by atoms with Gasteiger partial charge in [0, 0.05) is 17.7 Å². The van der Waals surface area contributed by atoms with Gasteiger partial charge in [0.05, 0.1) is 19.1 Å². The summed E-state index contributed by atoms with van der Waals surface area (Å²) >= 11 is 0. The van der Waals surface area contributed by atoms with Crippen LogP contribution in [0.25, 0.3) is 0 Å². The molecule has 0 fully saturated rings. The fourth-order valence-electron chi connectivity index (χ4n) is 4.12. The molecule has 0 aliphatic heterocycles. The molecular weight excluding hydrogens is 427 g/mol. The Morgan fingerprint density at radius 1 is 1.15 bits per heavy atom. The third kappa shape index (κ3) is 7.60. The lowest BCUT2D eigenvalue weighted by Crippen LogP contribution is -2.31. The monoisotopic (exact) mass is 457 g/mol. The van der Waals surface area contributed by atoms with Gasteiger partial charge in [-0.15, -0.1) is 0 Å². The summed E-state index contributed by atoms with van der Waals surface area (Å²) in [7, 11) is 0. The fourth-order valence-corrected chi connectivity index (χ4v) is 4.12. The van der Waals surface area contributed by atoms with E-state index >= 15 is 0 Å². The van der Waals surface area contributed by atoms with Crippen molar-refractivity contribution in [2.75, 3.05) is 6.61 Å². The van der Waals surface area contributed by atoms with Crippen molar-refractivity contribution in [3.8, 4) is 0 Å². The van der Waals surface area contributed by atoms with Crippen LogP contribution in [0.4, 0.5) is 13.2 Å². The van der Waals surface area contributed by atoms with E-state index in [9.17, 15) is 18.0 Å². The second kappa shape index (κ2) is 11.3. The molecule has 176 valence electrons. The van der Waals surface area contributed by atoms with Gasteiger partial charge < -0.3 is 10.1 Å². The number of hydrogen-bond donors (Lipinski definition) is 1. The van der Waals surface area contributed by atoms with Gasteiger partial charge in [-0.2, -0.15) is 13.2 Å². The highest BCUT2D eigenvalue weighted by Gasteiger charge is 2.30. The molecule has 0 saturated heterocycles. The molecule has 1 unspecified atom stereocenters. The SMILES string of the molecule is CC(C)C1=C(C(=O)NC2=CC=CC=C(CC(F)(F)F)C2)C=CCC1OCCc1ccccc1. The standard InChI is InChI=1S/C27H30F3NO2/c1-19(2)25-23(13-8-14-24(25)33-16-15-20-9-4-3-5-10-20)26(32)31-22-12-7-6-11-21(17-22)18-27(28,29)30/h3-13,19,24H,14-18H2,1-2H3,(H,31,32). The Morgan fingerprint density at radius 3 is 2.58 bits per heavy atom. The van der Waals surface area contributed by atoms with E-state index in [0.717, 1.165) is 12.0 Å². The third-order valence-corrected chi connectivity index (χ3v) is 5.57. The quantitative estimate of drug-likeness (QED) is 0.493. The molecule has 1 N–H and O–H groups in total. The Labute approximate surface area is 193 Å². The van der Waals surface area contributed by atoms with E-state index in [1.54, 1.807) is 24.3 Å². The molecule has 6 heteroatoms. The van der Waals surface area contributed by atoms with Crippen molar-refractivity contribution >= 4 is 5.91 Å². The topological polar surface area (TPSA) is 38.3 Å². The number of hydrogen-bond acceptors (Lipinski definition) is 2. The maximum atomic E-state index is 13.1. The molecule has 1 aromatic rings. The predicted molar refractivity (Wildman–Crippen MR) is 124 cm³/mol. The summed E-state index contributed by atoms with van der Waals surface area (Å²) in [6, 6.07) is 10.1. The first kappa shape index (κ1) is 24.8.